The molecule has 16 heavy (non-hydrogen) atoms. The number of carboxylic acids is 1. The Labute approximate surface area is 92.2 Å². The Morgan fingerprint density at radius 2 is 2.31 bits per heavy atom. The van der Waals surface area contributed by atoms with Crippen molar-refractivity contribution in [3.05, 3.63) is 36.4 Å². The third-order valence-corrected chi connectivity index (χ3v) is 2.28. The fourth-order valence-corrected chi connectivity index (χ4v) is 1.51. The lowest BCUT2D eigenvalue weighted by molar-refractivity contribution is -0.136. The number of aliphatic carboxylic acids is 1. The summed E-state index contributed by atoms with van der Waals surface area (Å²) in [6.45, 7) is 0. The van der Waals surface area contributed by atoms with Gasteiger partial charge in [-0.1, -0.05) is 6.07 Å². The van der Waals surface area contributed by atoms with Gasteiger partial charge in [0.1, 0.15) is 0 Å². The smallest absolute Gasteiger partial charge is 0.303 e. The summed E-state index contributed by atoms with van der Waals surface area (Å²) in [5.41, 5.74) is 2.68. The highest BCUT2D eigenvalue weighted by Gasteiger charge is 2.08. The second-order valence-electron chi connectivity index (χ2n) is 3.40. The SMILES string of the molecule is O=C(O)CCc1[nH]ncc1-c1cccnc1. The van der Waals surface area contributed by atoms with Crippen molar-refractivity contribution in [3.63, 3.8) is 0 Å². The Balaban J connectivity index is 2.23. The number of rotatable bonds is 4. The molecule has 2 aromatic rings. The number of carbonyl (C=O) groups is 1. The van der Waals surface area contributed by atoms with Crippen LogP contribution in [-0.2, 0) is 11.2 Å². The van der Waals surface area contributed by atoms with Crippen LogP contribution in [0, 0.1) is 0 Å². The molecule has 0 atom stereocenters. The van der Waals surface area contributed by atoms with Gasteiger partial charge < -0.3 is 5.11 Å². The third kappa shape index (κ3) is 2.25. The first-order chi connectivity index (χ1) is 7.77. The Morgan fingerprint density at radius 1 is 1.44 bits per heavy atom. The van der Waals surface area contributed by atoms with E-state index >= 15 is 0 Å². The first-order valence-electron chi connectivity index (χ1n) is 4.92. The number of aryl methyl sites for hydroxylation is 1. The highest BCUT2D eigenvalue weighted by Crippen LogP contribution is 2.21. The Morgan fingerprint density at radius 3 is 3.00 bits per heavy atom. The van der Waals surface area contributed by atoms with Gasteiger partial charge in [0.2, 0.25) is 0 Å². The average Bonchev–Trinajstić information content (AvgIpc) is 2.75. The van der Waals surface area contributed by atoms with Crippen molar-refractivity contribution in [2.45, 2.75) is 12.8 Å². The quantitative estimate of drug-likeness (QED) is 0.813. The zero-order valence-corrected chi connectivity index (χ0v) is 8.55. The van der Waals surface area contributed by atoms with Crippen molar-refractivity contribution in [2.75, 3.05) is 0 Å². The average molecular weight is 217 g/mol. The fraction of sp³-hybridized carbons (Fsp3) is 0.182. The van der Waals surface area contributed by atoms with Gasteiger partial charge in [-0.15, -0.1) is 0 Å². The molecule has 2 rings (SSSR count). The van der Waals surface area contributed by atoms with E-state index in [2.05, 4.69) is 15.2 Å². The van der Waals surface area contributed by atoms with Crippen LogP contribution in [0.2, 0.25) is 0 Å². The maximum absolute atomic E-state index is 10.5. The summed E-state index contributed by atoms with van der Waals surface area (Å²) in [4.78, 5) is 14.5. The molecule has 5 nitrogen and oxygen atoms in total. The number of aromatic amines is 1. The van der Waals surface area contributed by atoms with E-state index in [9.17, 15) is 4.79 Å². The van der Waals surface area contributed by atoms with Crippen LogP contribution in [0.25, 0.3) is 11.1 Å². The molecular formula is C11H11N3O2. The van der Waals surface area contributed by atoms with Crippen LogP contribution >= 0.6 is 0 Å². The van der Waals surface area contributed by atoms with Gasteiger partial charge in [0, 0.05) is 35.6 Å². The maximum Gasteiger partial charge on any atom is 0.303 e. The summed E-state index contributed by atoms with van der Waals surface area (Å²) in [7, 11) is 0. The van der Waals surface area contributed by atoms with Gasteiger partial charge in [-0.25, -0.2) is 0 Å². The van der Waals surface area contributed by atoms with Crippen molar-refractivity contribution >= 4 is 5.97 Å². The van der Waals surface area contributed by atoms with Crippen molar-refractivity contribution < 1.29 is 9.90 Å². The van der Waals surface area contributed by atoms with E-state index in [4.69, 9.17) is 5.11 Å². The van der Waals surface area contributed by atoms with E-state index < -0.39 is 5.97 Å². The maximum atomic E-state index is 10.5. The van der Waals surface area contributed by atoms with Crippen molar-refractivity contribution in [1.82, 2.24) is 15.2 Å². The number of H-pyrrole nitrogens is 1. The predicted molar refractivity (Wildman–Crippen MR) is 57.8 cm³/mol. The van der Waals surface area contributed by atoms with E-state index in [1.54, 1.807) is 18.6 Å². The Bertz CT molecular complexity index is 479. The minimum atomic E-state index is -0.813. The van der Waals surface area contributed by atoms with Gasteiger partial charge in [-0.05, 0) is 6.07 Å². The van der Waals surface area contributed by atoms with Crippen molar-refractivity contribution in [2.24, 2.45) is 0 Å². The number of pyridine rings is 1. The molecule has 0 radical (unpaired) electrons. The number of aromatic nitrogens is 3. The van der Waals surface area contributed by atoms with Gasteiger partial charge in [-0.2, -0.15) is 5.10 Å². The molecule has 0 spiro atoms. The zero-order valence-electron chi connectivity index (χ0n) is 8.55. The standard InChI is InChI=1S/C11H11N3O2/c15-11(16)4-3-10-9(7-13-14-10)8-2-1-5-12-6-8/h1-2,5-7H,3-4H2,(H,13,14)(H,15,16). The molecule has 0 unspecified atom stereocenters. The molecule has 0 aliphatic heterocycles. The van der Waals surface area contributed by atoms with Gasteiger partial charge in [0.05, 0.1) is 12.6 Å². The number of nitrogens with one attached hydrogen (secondary N) is 1. The molecule has 2 heterocycles. The second kappa shape index (κ2) is 4.57. The van der Waals surface area contributed by atoms with Crippen LogP contribution in [0.15, 0.2) is 30.7 Å². The second-order valence-corrected chi connectivity index (χ2v) is 3.40. The summed E-state index contributed by atoms with van der Waals surface area (Å²) >= 11 is 0. The third-order valence-electron chi connectivity index (χ3n) is 2.28. The molecule has 0 amide bonds. The number of nitrogens with zero attached hydrogens (tertiary/aromatic N) is 2. The number of hydrogen-bond donors (Lipinski definition) is 2. The lowest BCUT2D eigenvalue weighted by Gasteiger charge is -2.00. The van der Waals surface area contributed by atoms with E-state index in [0.717, 1.165) is 16.8 Å². The highest BCUT2D eigenvalue weighted by molar-refractivity contribution is 5.69. The first-order valence-corrected chi connectivity index (χ1v) is 4.92. The largest absolute Gasteiger partial charge is 0.481 e. The topological polar surface area (TPSA) is 78.9 Å². The molecule has 0 aromatic carbocycles. The molecular weight excluding hydrogens is 206 g/mol. The normalized spacial score (nSPS) is 10.2. The minimum Gasteiger partial charge on any atom is -0.481 e. The molecule has 0 saturated carbocycles. The van der Waals surface area contributed by atoms with Crippen LogP contribution in [0.1, 0.15) is 12.1 Å². The van der Waals surface area contributed by atoms with Crippen LogP contribution in [-0.4, -0.2) is 26.3 Å². The van der Waals surface area contributed by atoms with E-state index in [0.29, 0.717) is 6.42 Å². The summed E-state index contributed by atoms with van der Waals surface area (Å²) < 4.78 is 0. The summed E-state index contributed by atoms with van der Waals surface area (Å²) in [5, 5.41) is 15.4. The summed E-state index contributed by atoms with van der Waals surface area (Å²) in [6, 6.07) is 3.76. The van der Waals surface area contributed by atoms with Crippen LogP contribution in [0.4, 0.5) is 0 Å². The van der Waals surface area contributed by atoms with Crippen molar-refractivity contribution in [1.29, 1.82) is 0 Å². The zero-order chi connectivity index (χ0) is 11.4. The van der Waals surface area contributed by atoms with Crippen LogP contribution in [0.5, 0.6) is 0 Å². The number of hydrogen-bond acceptors (Lipinski definition) is 3. The van der Waals surface area contributed by atoms with E-state index in [1.807, 2.05) is 12.1 Å². The van der Waals surface area contributed by atoms with Crippen LogP contribution in [0.3, 0.4) is 0 Å². The minimum absolute atomic E-state index is 0.0927. The van der Waals surface area contributed by atoms with Gasteiger partial charge in [0.25, 0.3) is 0 Å². The van der Waals surface area contributed by atoms with Gasteiger partial charge in [0.15, 0.2) is 0 Å². The first kappa shape index (κ1) is 10.4. The molecule has 82 valence electrons. The van der Waals surface area contributed by atoms with E-state index in [1.165, 1.54) is 0 Å². The molecule has 0 saturated heterocycles. The highest BCUT2D eigenvalue weighted by atomic mass is 16.4. The number of carboxylic acid groups (broad SMARTS) is 1. The van der Waals surface area contributed by atoms with Crippen LogP contribution < -0.4 is 0 Å². The molecule has 0 bridgehead atoms. The Hall–Kier alpha value is -2.17. The molecule has 2 N–H and O–H groups in total. The molecule has 0 aliphatic rings. The summed E-state index contributed by atoms with van der Waals surface area (Å²) in [5.74, 6) is -0.813. The summed E-state index contributed by atoms with van der Waals surface area (Å²) in [6.07, 6.45) is 5.65. The molecule has 2 aromatic heterocycles. The Kier molecular flexibility index (Phi) is 2.95. The monoisotopic (exact) mass is 217 g/mol. The van der Waals surface area contributed by atoms with Gasteiger partial charge in [-0.3, -0.25) is 14.9 Å². The lowest BCUT2D eigenvalue weighted by Crippen LogP contribution is -1.98. The molecule has 0 aliphatic carbocycles. The lowest BCUT2D eigenvalue weighted by atomic mass is 10.1. The molecule has 0 fully saturated rings. The fourth-order valence-electron chi connectivity index (χ4n) is 1.51. The van der Waals surface area contributed by atoms with Gasteiger partial charge >= 0.3 is 5.97 Å². The van der Waals surface area contributed by atoms with Crippen molar-refractivity contribution in [3.8, 4) is 11.1 Å². The molecule has 5 heteroatoms. The van der Waals surface area contributed by atoms with E-state index in [-0.39, 0.29) is 6.42 Å². The predicted octanol–water partition coefficient (Wildman–Crippen LogP) is 1.49.